The predicted octanol–water partition coefficient (Wildman–Crippen LogP) is 3.52. The lowest BCUT2D eigenvalue weighted by molar-refractivity contribution is -0.00960. The van der Waals surface area contributed by atoms with Crippen LogP contribution in [0.5, 0.6) is 0 Å². The molecule has 28 heavy (non-hydrogen) atoms. The standard InChI is InChI=1S/C21H24N4O2S/c1-15-9-11-17(12-10-15)25-21(22-23-24-25)28-14-18(26)13-27-20-8-4-6-16-5-2-3-7-19(16)20/h2-3,5,7,9-12,18,20,26H,4,6,8,13-14H2,1H3/t18-,20+/m0/s1. The summed E-state index contributed by atoms with van der Waals surface area (Å²) >= 11 is 1.43. The van der Waals surface area contributed by atoms with Crippen molar-refractivity contribution in [3.8, 4) is 5.69 Å². The molecule has 0 radical (unpaired) electrons. The number of aliphatic hydroxyl groups is 1. The SMILES string of the molecule is Cc1ccc(-n2nnnc2SC[C@@H](O)CO[C@@H]2CCCc3ccccc32)cc1. The molecule has 1 aliphatic carbocycles. The molecule has 7 heteroatoms. The van der Waals surface area contributed by atoms with Gasteiger partial charge in [0.05, 0.1) is 24.5 Å². The number of rotatable bonds is 7. The molecule has 0 spiro atoms. The summed E-state index contributed by atoms with van der Waals surface area (Å²) in [6, 6.07) is 16.4. The van der Waals surface area contributed by atoms with Gasteiger partial charge < -0.3 is 9.84 Å². The van der Waals surface area contributed by atoms with E-state index in [1.165, 1.54) is 28.5 Å². The van der Waals surface area contributed by atoms with Crippen molar-refractivity contribution in [1.29, 1.82) is 0 Å². The minimum absolute atomic E-state index is 0.0717. The average Bonchev–Trinajstić information content (AvgIpc) is 3.20. The monoisotopic (exact) mass is 396 g/mol. The normalized spacial score (nSPS) is 17.3. The molecule has 3 aromatic rings. The van der Waals surface area contributed by atoms with Crippen LogP contribution < -0.4 is 0 Å². The van der Waals surface area contributed by atoms with Crippen molar-refractivity contribution >= 4 is 11.8 Å². The van der Waals surface area contributed by atoms with Crippen LogP contribution in [0.4, 0.5) is 0 Å². The first kappa shape index (κ1) is 19.1. The third kappa shape index (κ3) is 4.43. The van der Waals surface area contributed by atoms with E-state index in [9.17, 15) is 5.11 Å². The van der Waals surface area contributed by atoms with E-state index in [1.54, 1.807) is 4.68 Å². The van der Waals surface area contributed by atoms with Gasteiger partial charge in [-0.25, -0.2) is 0 Å². The summed E-state index contributed by atoms with van der Waals surface area (Å²) in [7, 11) is 0. The van der Waals surface area contributed by atoms with Gasteiger partial charge >= 0.3 is 0 Å². The molecular formula is C21H24N4O2S. The van der Waals surface area contributed by atoms with E-state index in [-0.39, 0.29) is 6.10 Å². The van der Waals surface area contributed by atoms with Crippen LogP contribution in [0.15, 0.2) is 53.7 Å². The molecule has 1 heterocycles. The molecule has 6 nitrogen and oxygen atoms in total. The average molecular weight is 397 g/mol. The van der Waals surface area contributed by atoms with Crippen LogP contribution in [-0.2, 0) is 11.2 Å². The van der Waals surface area contributed by atoms with E-state index in [0.717, 1.165) is 24.9 Å². The molecule has 0 saturated carbocycles. The maximum absolute atomic E-state index is 10.4. The number of ether oxygens (including phenoxy) is 1. The minimum atomic E-state index is -0.581. The number of fused-ring (bicyclic) bond motifs is 1. The van der Waals surface area contributed by atoms with Gasteiger partial charge in [0.2, 0.25) is 5.16 Å². The molecule has 0 saturated heterocycles. The van der Waals surface area contributed by atoms with Crippen LogP contribution in [0.25, 0.3) is 5.69 Å². The highest BCUT2D eigenvalue weighted by Crippen LogP contribution is 2.32. The molecule has 0 aliphatic heterocycles. The molecular weight excluding hydrogens is 372 g/mol. The molecule has 1 N–H and O–H groups in total. The van der Waals surface area contributed by atoms with E-state index in [4.69, 9.17) is 4.74 Å². The Morgan fingerprint density at radius 1 is 1.21 bits per heavy atom. The zero-order valence-corrected chi connectivity index (χ0v) is 16.7. The van der Waals surface area contributed by atoms with Crippen LogP contribution >= 0.6 is 11.8 Å². The largest absolute Gasteiger partial charge is 0.390 e. The van der Waals surface area contributed by atoms with Crippen molar-refractivity contribution in [2.75, 3.05) is 12.4 Å². The summed E-state index contributed by atoms with van der Waals surface area (Å²) in [6.45, 7) is 2.35. The number of aliphatic hydroxyl groups excluding tert-OH is 1. The Kier molecular flexibility index (Phi) is 6.04. The minimum Gasteiger partial charge on any atom is -0.390 e. The fraction of sp³-hybridized carbons (Fsp3) is 0.381. The Balaban J connectivity index is 1.32. The maximum atomic E-state index is 10.4. The van der Waals surface area contributed by atoms with Gasteiger partial charge in [0, 0.05) is 5.75 Å². The van der Waals surface area contributed by atoms with Gasteiger partial charge in [0.25, 0.3) is 0 Å². The molecule has 4 rings (SSSR count). The topological polar surface area (TPSA) is 73.1 Å². The fourth-order valence-electron chi connectivity index (χ4n) is 3.45. The van der Waals surface area contributed by atoms with Crippen LogP contribution in [0.3, 0.4) is 0 Å². The Labute approximate surface area is 168 Å². The molecule has 1 aromatic heterocycles. The van der Waals surface area contributed by atoms with Crippen molar-refractivity contribution in [2.45, 2.75) is 43.6 Å². The number of hydrogen-bond acceptors (Lipinski definition) is 6. The third-order valence-corrected chi connectivity index (χ3v) is 5.99. The van der Waals surface area contributed by atoms with E-state index in [0.29, 0.717) is 17.5 Å². The van der Waals surface area contributed by atoms with E-state index < -0.39 is 6.10 Å². The number of nitrogens with zero attached hydrogens (tertiary/aromatic N) is 4. The number of hydrogen-bond donors (Lipinski definition) is 1. The maximum Gasteiger partial charge on any atom is 0.214 e. The summed E-state index contributed by atoms with van der Waals surface area (Å²) in [5.74, 6) is 0.473. The van der Waals surface area contributed by atoms with Crippen molar-refractivity contribution < 1.29 is 9.84 Å². The van der Waals surface area contributed by atoms with Crippen molar-refractivity contribution in [1.82, 2.24) is 20.2 Å². The second kappa shape index (κ2) is 8.86. The van der Waals surface area contributed by atoms with Gasteiger partial charge in [0.15, 0.2) is 0 Å². The lowest BCUT2D eigenvalue weighted by Gasteiger charge is -2.26. The molecule has 0 amide bonds. The highest BCUT2D eigenvalue weighted by Gasteiger charge is 2.21. The third-order valence-electron chi connectivity index (χ3n) is 4.93. The number of aryl methyl sites for hydroxylation is 2. The molecule has 146 valence electrons. The molecule has 1 aliphatic rings. The molecule has 0 bridgehead atoms. The number of benzene rings is 2. The summed E-state index contributed by atoms with van der Waals surface area (Å²) in [6.07, 6.45) is 2.72. The van der Waals surface area contributed by atoms with Gasteiger partial charge in [-0.15, -0.1) is 5.10 Å². The van der Waals surface area contributed by atoms with Crippen LogP contribution in [-0.4, -0.2) is 43.8 Å². The van der Waals surface area contributed by atoms with Gasteiger partial charge in [-0.2, -0.15) is 4.68 Å². The Morgan fingerprint density at radius 3 is 2.89 bits per heavy atom. The highest BCUT2D eigenvalue weighted by atomic mass is 32.2. The van der Waals surface area contributed by atoms with Gasteiger partial charge in [0.1, 0.15) is 0 Å². The number of aromatic nitrogens is 4. The lowest BCUT2D eigenvalue weighted by atomic mass is 9.89. The van der Waals surface area contributed by atoms with Crippen LogP contribution in [0, 0.1) is 6.92 Å². The number of thioether (sulfide) groups is 1. The predicted molar refractivity (Wildman–Crippen MR) is 109 cm³/mol. The smallest absolute Gasteiger partial charge is 0.214 e. The lowest BCUT2D eigenvalue weighted by Crippen LogP contribution is -2.22. The van der Waals surface area contributed by atoms with Crippen molar-refractivity contribution in [3.05, 3.63) is 65.2 Å². The molecule has 0 fully saturated rings. The fourth-order valence-corrected chi connectivity index (χ4v) is 4.24. The molecule has 2 aromatic carbocycles. The van der Waals surface area contributed by atoms with E-state index in [1.807, 2.05) is 31.2 Å². The van der Waals surface area contributed by atoms with Gasteiger partial charge in [-0.05, 0) is 59.9 Å². The van der Waals surface area contributed by atoms with E-state index in [2.05, 4.69) is 39.8 Å². The van der Waals surface area contributed by atoms with Gasteiger partial charge in [-0.3, -0.25) is 0 Å². The molecule has 0 unspecified atom stereocenters. The van der Waals surface area contributed by atoms with Crippen molar-refractivity contribution in [2.24, 2.45) is 0 Å². The summed E-state index contributed by atoms with van der Waals surface area (Å²) in [5, 5.41) is 23.0. The quantitative estimate of drug-likeness (QED) is 0.616. The second-order valence-electron chi connectivity index (χ2n) is 7.09. The zero-order valence-electron chi connectivity index (χ0n) is 15.9. The van der Waals surface area contributed by atoms with E-state index >= 15 is 0 Å². The van der Waals surface area contributed by atoms with Crippen LogP contribution in [0.2, 0.25) is 0 Å². The summed E-state index contributed by atoms with van der Waals surface area (Å²) in [5.41, 5.74) is 4.71. The van der Waals surface area contributed by atoms with Crippen LogP contribution in [0.1, 0.15) is 35.6 Å². The summed E-state index contributed by atoms with van der Waals surface area (Å²) < 4.78 is 7.74. The zero-order chi connectivity index (χ0) is 19.3. The Morgan fingerprint density at radius 2 is 2.04 bits per heavy atom. The summed E-state index contributed by atoms with van der Waals surface area (Å²) in [4.78, 5) is 0. The highest BCUT2D eigenvalue weighted by molar-refractivity contribution is 7.99. The number of tetrazole rings is 1. The van der Waals surface area contributed by atoms with Crippen molar-refractivity contribution in [3.63, 3.8) is 0 Å². The second-order valence-corrected chi connectivity index (χ2v) is 8.07. The van der Waals surface area contributed by atoms with Gasteiger partial charge in [-0.1, -0.05) is 53.7 Å². The Bertz CT molecular complexity index is 913. The molecule has 2 atom stereocenters. The Hall–Kier alpha value is -2.22. The first-order valence-electron chi connectivity index (χ1n) is 9.56. The first-order valence-corrected chi connectivity index (χ1v) is 10.5. The first-order chi connectivity index (χ1) is 13.7.